The summed E-state index contributed by atoms with van der Waals surface area (Å²) in [5, 5.41) is 0.927. The zero-order valence-corrected chi connectivity index (χ0v) is 13.5. The molecule has 114 valence electrons. The van der Waals surface area contributed by atoms with Gasteiger partial charge in [0, 0.05) is 22.8 Å². The van der Waals surface area contributed by atoms with Gasteiger partial charge in [-0.1, -0.05) is 13.8 Å². The summed E-state index contributed by atoms with van der Waals surface area (Å²) in [7, 11) is 0. The van der Waals surface area contributed by atoms with E-state index >= 15 is 0 Å². The first-order valence-electron chi connectivity index (χ1n) is 7.48. The van der Waals surface area contributed by atoms with Crippen molar-refractivity contribution in [2.75, 3.05) is 18.9 Å². The van der Waals surface area contributed by atoms with Crippen molar-refractivity contribution in [3.05, 3.63) is 23.4 Å². The van der Waals surface area contributed by atoms with Crippen molar-refractivity contribution in [3.8, 4) is 11.5 Å². The number of hydrogen-bond acceptors (Lipinski definition) is 4. The number of aryl methyl sites for hydroxylation is 1. The highest BCUT2D eigenvalue weighted by atomic mass is 16.5. The average Bonchev–Trinajstić information content (AvgIpc) is 2.40. The van der Waals surface area contributed by atoms with Gasteiger partial charge >= 0.3 is 0 Å². The summed E-state index contributed by atoms with van der Waals surface area (Å²) in [6.07, 6.45) is 0. The monoisotopic (exact) mass is 288 g/mol. The summed E-state index contributed by atoms with van der Waals surface area (Å²) in [5.41, 5.74) is 10.1. The molecule has 0 spiro atoms. The van der Waals surface area contributed by atoms with E-state index in [2.05, 4.69) is 18.8 Å². The molecule has 0 saturated carbocycles. The maximum absolute atomic E-state index is 6.37. The van der Waals surface area contributed by atoms with Gasteiger partial charge in [-0.15, -0.1) is 0 Å². The average molecular weight is 288 g/mol. The SMILES string of the molecule is CCOc1cc2nc(C)c(C(C)C)c(N)c2cc1OCC. The van der Waals surface area contributed by atoms with Crippen molar-refractivity contribution in [1.82, 2.24) is 4.98 Å². The van der Waals surface area contributed by atoms with E-state index in [0.29, 0.717) is 19.1 Å². The Morgan fingerprint density at radius 2 is 1.67 bits per heavy atom. The third kappa shape index (κ3) is 2.89. The van der Waals surface area contributed by atoms with Crippen molar-refractivity contribution in [2.24, 2.45) is 0 Å². The highest BCUT2D eigenvalue weighted by molar-refractivity contribution is 5.94. The molecule has 21 heavy (non-hydrogen) atoms. The predicted molar refractivity (Wildman–Crippen MR) is 87.3 cm³/mol. The number of ether oxygens (including phenoxy) is 2. The molecular formula is C17H24N2O2. The molecule has 0 atom stereocenters. The molecule has 4 nitrogen and oxygen atoms in total. The Labute approximate surface area is 126 Å². The molecule has 0 bridgehead atoms. The fourth-order valence-corrected chi connectivity index (χ4v) is 2.70. The van der Waals surface area contributed by atoms with Crippen LogP contribution in [0.1, 0.15) is 44.9 Å². The number of rotatable bonds is 5. The number of nitrogens with two attached hydrogens (primary N) is 1. The van der Waals surface area contributed by atoms with E-state index in [1.165, 1.54) is 0 Å². The number of aromatic nitrogens is 1. The van der Waals surface area contributed by atoms with E-state index in [4.69, 9.17) is 15.2 Å². The number of fused-ring (bicyclic) bond motifs is 1. The molecule has 0 aliphatic heterocycles. The van der Waals surface area contributed by atoms with Crippen LogP contribution >= 0.6 is 0 Å². The maximum Gasteiger partial charge on any atom is 0.163 e. The van der Waals surface area contributed by atoms with Crippen LogP contribution in [0.2, 0.25) is 0 Å². The number of pyridine rings is 1. The largest absolute Gasteiger partial charge is 0.490 e. The fourth-order valence-electron chi connectivity index (χ4n) is 2.70. The Kier molecular flexibility index (Phi) is 4.56. The van der Waals surface area contributed by atoms with E-state index in [1.54, 1.807) is 0 Å². The summed E-state index contributed by atoms with van der Waals surface area (Å²) in [6, 6.07) is 3.86. The summed E-state index contributed by atoms with van der Waals surface area (Å²) >= 11 is 0. The molecule has 1 aromatic carbocycles. The number of nitrogen functional groups attached to an aromatic ring is 1. The molecule has 0 aliphatic carbocycles. The molecular weight excluding hydrogens is 264 g/mol. The first-order chi connectivity index (χ1) is 9.99. The van der Waals surface area contributed by atoms with Crippen molar-refractivity contribution in [2.45, 2.75) is 40.5 Å². The van der Waals surface area contributed by atoms with Crippen LogP contribution < -0.4 is 15.2 Å². The molecule has 2 aromatic rings. The van der Waals surface area contributed by atoms with Crippen LogP contribution in [0.25, 0.3) is 10.9 Å². The molecule has 0 radical (unpaired) electrons. The van der Waals surface area contributed by atoms with E-state index in [0.717, 1.165) is 39.3 Å². The summed E-state index contributed by atoms with van der Waals surface area (Å²) in [5.74, 6) is 1.78. The minimum absolute atomic E-state index is 0.337. The van der Waals surface area contributed by atoms with Gasteiger partial charge in [0.2, 0.25) is 0 Å². The first kappa shape index (κ1) is 15.4. The molecule has 2 N–H and O–H groups in total. The zero-order valence-electron chi connectivity index (χ0n) is 13.5. The Morgan fingerprint density at radius 1 is 1.10 bits per heavy atom. The highest BCUT2D eigenvalue weighted by Crippen LogP contribution is 2.37. The molecule has 0 amide bonds. The quantitative estimate of drug-likeness (QED) is 0.902. The Morgan fingerprint density at radius 3 is 2.19 bits per heavy atom. The minimum atomic E-state index is 0.337. The van der Waals surface area contributed by atoms with Gasteiger partial charge in [0.05, 0.1) is 18.7 Å². The zero-order chi connectivity index (χ0) is 15.6. The lowest BCUT2D eigenvalue weighted by Crippen LogP contribution is -2.05. The van der Waals surface area contributed by atoms with Crippen molar-refractivity contribution in [1.29, 1.82) is 0 Å². The van der Waals surface area contributed by atoms with E-state index in [9.17, 15) is 0 Å². The van der Waals surface area contributed by atoms with Crippen molar-refractivity contribution >= 4 is 16.6 Å². The number of nitrogens with zero attached hydrogens (tertiary/aromatic N) is 1. The molecule has 0 saturated heterocycles. The standard InChI is InChI=1S/C17H24N2O2/c1-6-20-14-8-12-13(9-15(14)21-7-2)19-11(5)16(10(3)4)17(12)18/h8-10H,6-7H2,1-5H3,(H2,18,19). The van der Waals surface area contributed by atoms with Gasteiger partial charge in [0.15, 0.2) is 11.5 Å². The fraction of sp³-hybridized carbons (Fsp3) is 0.471. The van der Waals surface area contributed by atoms with Gasteiger partial charge in [0.25, 0.3) is 0 Å². The first-order valence-corrected chi connectivity index (χ1v) is 7.48. The van der Waals surface area contributed by atoms with Crippen LogP contribution in [0.15, 0.2) is 12.1 Å². The number of anilines is 1. The van der Waals surface area contributed by atoms with Crippen LogP contribution in [-0.2, 0) is 0 Å². The molecule has 1 heterocycles. The van der Waals surface area contributed by atoms with Gasteiger partial charge in [-0.2, -0.15) is 0 Å². The normalized spacial score (nSPS) is 11.1. The second-order valence-corrected chi connectivity index (χ2v) is 5.36. The predicted octanol–water partition coefficient (Wildman–Crippen LogP) is 4.05. The second kappa shape index (κ2) is 6.20. The third-order valence-electron chi connectivity index (χ3n) is 3.50. The Bertz CT molecular complexity index is 651. The Balaban J connectivity index is 2.72. The highest BCUT2D eigenvalue weighted by Gasteiger charge is 2.16. The van der Waals surface area contributed by atoms with Crippen LogP contribution in [0, 0.1) is 6.92 Å². The van der Waals surface area contributed by atoms with Crippen molar-refractivity contribution in [3.63, 3.8) is 0 Å². The van der Waals surface area contributed by atoms with Gasteiger partial charge in [0.1, 0.15) is 0 Å². The van der Waals surface area contributed by atoms with Gasteiger partial charge < -0.3 is 15.2 Å². The topological polar surface area (TPSA) is 57.4 Å². The lowest BCUT2D eigenvalue weighted by Gasteiger charge is -2.17. The second-order valence-electron chi connectivity index (χ2n) is 5.36. The molecule has 1 aromatic heterocycles. The van der Waals surface area contributed by atoms with Crippen LogP contribution in [0.5, 0.6) is 11.5 Å². The maximum atomic E-state index is 6.37. The summed E-state index contributed by atoms with van der Waals surface area (Å²) < 4.78 is 11.3. The Hall–Kier alpha value is -1.97. The van der Waals surface area contributed by atoms with Gasteiger partial charge in [-0.3, -0.25) is 4.98 Å². The van der Waals surface area contributed by atoms with Gasteiger partial charge in [-0.25, -0.2) is 0 Å². The van der Waals surface area contributed by atoms with Crippen LogP contribution in [-0.4, -0.2) is 18.2 Å². The van der Waals surface area contributed by atoms with Crippen molar-refractivity contribution < 1.29 is 9.47 Å². The van der Waals surface area contributed by atoms with Crippen LogP contribution in [0.3, 0.4) is 0 Å². The van der Waals surface area contributed by atoms with E-state index in [1.807, 2.05) is 32.9 Å². The molecule has 2 rings (SSSR count). The van der Waals surface area contributed by atoms with Crippen LogP contribution in [0.4, 0.5) is 5.69 Å². The minimum Gasteiger partial charge on any atom is -0.490 e. The molecule has 0 unspecified atom stereocenters. The summed E-state index contributed by atoms with van der Waals surface area (Å²) in [4.78, 5) is 4.69. The van der Waals surface area contributed by atoms with E-state index < -0.39 is 0 Å². The van der Waals surface area contributed by atoms with Gasteiger partial charge in [-0.05, 0) is 38.3 Å². The number of benzene rings is 1. The van der Waals surface area contributed by atoms with E-state index in [-0.39, 0.29) is 0 Å². The third-order valence-corrected chi connectivity index (χ3v) is 3.50. The molecule has 0 fully saturated rings. The number of hydrogen-bond donors (Lipinski definition) is 1. The summed E-state index contributed by atoms with van der Waals surface area (Å²) in [6.45, 7) is 11.3. The molecule has 4 heteroatoms. The lowest BCUT2D eigenvalue weighted by atomic mass is 9.97. The smallest absolute Gasteiger partial charge is 0.163 e. The molecule has 0 aliphatic rings. The lowest BCUT2D eigenvalue weighted by molar-refractivity contribution is 0.288.